The van der Waals surface area contributed by atoms with Gasteiger partial charge in [0, 0.05) is 5.92 Å². The van der Waals surface area contributed by atoms with Crippen molar-refractivity contribution < 1.29 is 19.4 Å². The molecule has 4 heteroatoms. The van der Waals surface area contributed by atoms with Crippen LogP contribution in [0.25, 0.3) is 0 Å². The number of rotatable bonds is 6. The highest BCUT2D eigenvalue weighted by Gasteiger charge is 2.10. The lowest BCUT2D eigenvalue weighted by atomic mass is 10.0. The molecule has 0 heterocycles. The number of ether oxygens (including phenoxy) is 1. The van der Waals surface area contributed by atoms with E-state index >= 15 is 0 Å². The average Bonchev–Trinajstić information content (AvgIpc) is 2.34. The van der Waals surface area contributed by atoms with Gasteiger partial charge in [-0.05, 0) is 5.56 Å². The standard InChI is InChI=1S/C13H16O4/c1-10(11-5-3-2-4-6-11)9-17-13(16)8-7-12(14)15/h2-6,10H,7-9H2,1H3,(H,14,15)/t10-/m1/s1. The molecule has 1 N–H and O–H groups in total. The molecule has 92 valence electrons. The van der Waals surface area contributed by atoms with Gasteiger partial charge >= 0.3 is 11.9 Å². The summed E-state index contributed by atoms with van der Waals surface area (Å²) >= 11 is 0. The Morgan fingerprint density at radius 2 is 1.88 bits per heavy atom. The van der Waals surface area contributed by atoms with Crippen molar-refractivity contribution in [3.63, 3.8) is 0 Å². The molecule has 0 aliphatic heterocycles. The molecular formula is C13H16O4. The normalized spacial score (nSPS) is 11.8. The van der Waals surface area contributed by atoms with Crippen molar-refractivity contribution in [2.75, 3.05) is 6.61 Å². The average molecular weight is 236 g/mol. The highest BCUT2D eigenvalue weighted by molar-refractivity contribution is 5.76. The number of benzene rings is 1. The molecule has 0 aliphatic carbocycles. The molecule has 0 bridgehead atoms. The van der Waals surface area contributed by atoms with Gasteiger partial charge in [0.05, 0.1) is 19.4 Å². The summed E-state index contributed by atoms with van der Waals surface area (Å²) in [4.78, 5) is 21.5. The fourth-order valence-electron chi connectivity index (χ4n) is 1.38. The van der Waals surface area contributed by atoms with Crippen LogP contribution < -0.4 is 0 Å². The van der Waals surface area contributed by atoms with Crippen molar-refractivity contribution >= 4 is 11.9 Å². The molecular weight excluding hydrogens is 220 g/mol. The summed E-state index contributed by atoms with van der Waals surface area (Å²) in [6.07, 6.45) is -0.255. The zero-order chi connectivity index (χ0) is 12.7. The molecule has 0 radical (unpaired) electrons. The molecule has 1 aromatic rings. The summed E-state index contributed by atoms with van der Waals surface area (Å²) in [6, 6.07) is 9.72. The third-order valence-corrected chi connectivity index (χ3v) is 2.41. The second-order valence-electron chi connectivity index (χ2n) is 3.89. The molecule has 0 unspecified atom stereocenters. The lowest BCUT2D eigenvalue weighted by Gasteiger charge is -2.12. The molecule has 0 amide bonds. The SMILES string of the molecule is C[C@H](COC(=O)CCC(=O)O)c1ccccc1. The Labute approximate surface area is 100 Å². The zero-order valence-corrected chi connectivity index (χ0v) is 9.76. The van der Waals surface area contributed by atoms with Crippen LogP contribution in [0.1, 0.15) is 31.2 Å². The van der Waals surface area contributed by atoms with Crippen molar-refractivity contribution in [2.24, 2.45) is 0 Å². The largest absolute Gasteiger partial charge is 0.481 e. The predicted octanol–water partition coefficient (Wildman–Crippen LogP) is 2.20. The van der Waals surface area contributed by atoms with Gasteiger partial charge in [0.2, 0.25) is 0 Å². The van der Waals surface area contributed by atoms with Crippen molar-refractivity contribution in [1.82, 2.24) is 0 Å². The molecule has 4 nitrogen and oxygen atoms in total. The van der Waals surface area contributed by atoms with E-state index in [9.17, 15) is 9.59 Å². The molecule has 0 saturated carbocycles. The van der Waals surface area contributed by atoms with E-state index in [4.69, 9.17) is 9.84 Å². The highest BCUT2D eigenvalue weighted by Crippen LogP contribution is 2.14. The summed E-state index contributed by atoms with van der Waals surface area (Å²) in [7, 11) is 0. The first-order chi connectivity index (χ1) is 8.09. The maximum Gasteiger partial charge on any atom is 0.306 e. The van der Waals surface area contributed by atoms with E-state index in [1.165, 1.54) is 0 Å². The van der Waals surface area contributed by atoms with Gasteiger partial charge in [0.25, 0.3) is 0 Å². The van der Waals surface area contributed by atoms with Crippen LogP contribution in [-0.2, 0) is 14.3 Å². The van der Waals surface area contributed by atoms with E-state index in [-0.39, 0.29) is 25.4 Å². The number of carbonyl (C=O) groups is 2. The maximum absolute atomic E-state index is 11.2. The van der Waals surface area contributed by atoms with E-state index < -0.39 is 11.9 Å². The quantitative estimate of drug-likeness (QED) is 0.769. The monoisotopic (exact) mass is 236 g/mol. The van der Waals surface area contributed by atoms with Crippen LogP contribution in [0.2, 0.25) is 0 Å². The fraction of sp³-hybridized carbons (Fsp3) is 0.385. The van der Waals surface area contributed by atoms with Crippen LogP contribution in [0.3, 0.4) is 0 Å². The fourth-order valence-corrected chi connectivity index (χ4v) is 1.38. The third-order valence-electron chi connectivity index (χ3n) is 2.41. The summed E-state index contributed by atoms with van der Waals surface area (Å²) in [5.41, 5.74) is 1.10. The summed E-state index contributed by atoms with van der Waals surface area (Å²) in [6.45, 7) is 2.24. The Morgan fingerprint density at radius 3 is 2.47 bits per heavy atom. The molecule has 1 aromatic carbocycles. The first kappa shape index (κ1) is 13.2. The second-order valence-corrected chi connectivity index (χ2v) is 3.89. The van der Waals surface area contributed by atoms with Crippen molar-refractivity contribution in [1.29, 1.82) is 0 Å². The highest BCUT2D eigenvalue weighted by atomic mass is 16.5. The molecule has 0 saturated heterocycles. The van der Waals surface area contributed by atoms with E-state index in [2.05, 4.69) is 0 Å². The minimum atomic E-state index is -0.988. The number of aliphatic carboxylic acids is 1. The number of esters is 1. The minimum absolute atomic E-state index is 0.0726. The van der Waals surface area contributed by atoms with Crippen LogP contribution in [0.5, 0.6) is 0 Å². The lowest BCUT2D eigenvalue weighted by molar-refractivity contribution is -0.148. The Balaban J connectivity index is 2.31. The molecule has 1 rings (SSSR count). The predicted molar refractivity (Wildman–Crippen MR) is 62.7 cm³/mol. The van der Waals surface area contributed by atoms with Crippen LogP contribution >= 0.6 is 0 Å². The van der Waals surface area contributed by atoms with Crippen molar-refractivity contribution in [2.45, 2.75) is 25.7 Å². The zero-order valence-electron chi connectivity index (χ0n) is 9.76. The van der Waals surface area contributed by atoms with Gasteiger partial charge in [0.15, 0.2) is 0 Å². The molecule has 0 fully saturated rings. The topological polar surface area (TPSA) is 63.6 Å². The number of carbonyl (C=O) groups excluding carboxylic acids is 1. The Morgan fingerprint density at radius 1 is 1.24 bits per heavy atom. The molecule has 0 aromatic heterocycles. The lowest BCUT2D eigenvalue weighted by Crippen LogP contribution is -2.12. The molecule has 0 spiro atoms. The van der Waals surface area contributed by atoms with Crippen LogP contribution in [0, 0.1) is 0 Å². The molecule has 1 atom stereocenters. The van der Waals surface area contributed by atoms with Crippen molar-refractivity contribution in [3.8, 4) is 0 Å². The Bertz CT molecular complexity index is 372. The number of carboxylic acids is 1. The summed E-state index contributed by atoms with van der Waals surface area (Å²) < 4.78 is 5.01. The van der Waals surface area contributed by atoms with Gasteiger partial charge < -0.3 is 9.84 Å². The van der Waals surface area contributed by atoms with Gasteiger partial charge in [-0.3, -0.25) is 9.59 Å². The van der Waals surface area contributed by atoms with Gasteiger partial charge in [-0.15, -0.1) is 0 Å². The van der Waals surface area contributed by atoms with Crippen LogP contribution in [0.15, 0.2) is 30.3 Å². The van der Waals surface area contributed by atoms with E-state index in [0.29, 0.717) is 0 Å². The van der Waals surface area contributed by atoms with E-state index in [1.54, 1.807) is 0 Å². The molecule has 0 aliphatic rings. The van der Waals surface area contributed by atoms with Gasteiger partial charge in [-0.2, -0.15) is 0 Å². The first-order valence-corrected chi connectivity index (χ1v) is 5.52. The van der Waals surface area contributed by atoms with Crippen LogP contribution in [-0.4, -0.2) is 23.7 Å². The smallest absolute Gasteiger partial charge is 0.306 e. The van der Waals surface area contributed by atoms with Crippen molar-refractivity contribution in [3.05, 3.63) is 35.9 Å². The van der Waals surface area contributed by atoms with E-state index in [1.807, 2.05) is 37.3 Å². The third kappa shape index (κ3) is 5.15. The first-order valence-electron chi connectivity index (χ1n) is 5.52. The minimum Gasteiger partial charge on any atom is -0.481 e. The maximum atomic E-state index is 11.2. The Hall–Kier alpha value is -1.84. The number of carboxylic acid groups (broad SMARTS) is 1. The second kappa shape index (κ2) is 6.68. The number of hydrogen-bond donors (Lipinski definition) is 1. The van der Waals surface area contributed by atoms with Gasteiger partial charge in [0.1, 0.15) is 0 Å². The molecule has 17 heavy (non-hydrogen) atoms. The van der Waals surface area contributed by atoms with Gasteiger partial charge in [-0.1, -0.05) is 37.3 Å². The Kier molecular flexibility index (Phi) is 5.20. The summed E-state index contributed by atoms with van der Waals surface area (Å²) in [5.74, 6) is -1.33. The summed E-state index contributed by atoms with van der Waals surface area (Å²) in [5, 5.41) is 8.41. The van der Waals surface area contributed by atoms with E-state index in [0.717, 1.165) is 5.56 Å². The van der Waals surface area contributed by atoms with Crippen LogP contribution in [0.4, 0.5) is 0 Å². The number of hydrogen-bond acceptors (Lipinski definition) is 3. The van der Waals surface area contributed by atoms with Gasteiger partial charge in [-0.25, -0.2) is 0 Å².